The first-order valence-corrected chi connectivity index (χ1v) is 7.87. The van der Waals surface area contributed by atoms with Crippen LogP contribution in [0, 0.1) is 0 Å². The van der Waals surface area contributed by atoms with E-state index >= 15 is 0 Å². The van der Waals surface area contributed by atoms with Crippen molar-refractivity contribution in [3.8, 4) is 0 Å². The molecular formula is C20H18N4O. The first-order valence-electron chi connectivity index (χ1n) is 7.87. The molecule has 0 saturated heterocycles. The van der Waals surface area contributed by atoms with Gasteiger partial charge in [0.2, 0.25) is 0 Å². The number of allylic oxidation sites excluding steroid dienone is 2. The number of benzene rings is 2. The highest BCUT2D eigenvalue weighted by Gasteiger charge is 2.16. The third kappa shape index (κ3) is 4.09. The van der Waals surface area contributed by atoms with E-state index in [0.29, 0.717) is 17.8 Å². The second-order valence-electron chi connectivity index (χ2n) is 5.37. The van der Waals surface area contributed by atoms with Gasteiger partial charge in [-0.15, -0.1) is 0 Å². The number of amidine groups is 1. The summed E-state index contributed by atoms with van der Waals surface area (Å²) in [5, 5.41) is 6.22. The molecule has 1 aliphatic rings. The first-order chi connectivity index (χ1) is 12.3. The summed E-state index contributed by atoms with van der Waals surface area (Å²) < 4.78 is 0. The average Bonchev–Trinajstić information content (AvgIpc) is 3.12. The predicted molar refractivity (Wildman–Crippen MR) is 102 cm³/mol. The van der Waals surface area contributed by atoms with Crippen molar-refractivity contribution in [3.05, 3.63) is 89.8 Å². The van der Waals surface area contributed by atoms with Crippen molar-refractivity contribution in [1.29, 1.82) is 0 Å². The van der Waals surface area contributed by atoms with Gasteiger partial charge in [-0.1, -0.05) is 30.3 Å². The Kier molecular flexibility index (Phi) is 5.16. The molecule has 0 saturated carbocycles. The van der Waals surface area contributed by atoms with E-state index in [2.05, 4.69) is 27.3 Å². The fourth-order valence-corrected chi connectivity index (χ4v) is 2.44. The Morgan fingerprint density at radius 3 is 2.72 bits per heavy atom. The van der Waals surface area contributed by atoms with Gasteiger partial charge in [0, 0.05) is 23.0 Å². The van der Waals surface area contributed by atoms with Gasteiger partial charge in [-0.25, -0.2) is 0 Å². The molecule has 1 heterocycles. The molecule has 3 rings (SSSR count). The molecule has 1 aliphatic heterocycles. The zero-order valence-corrected chi connectivity index (χ0v) is 13.6. The van der Waals surface area contributed by atoms with Gasteiger partial charge in [0.25, 0.3) is 5.91 Å². The lowest BCUT2D eigenvalue weighted by Gasteiger charge is -2.11. The van der Waals surface area contributed by atoms with Gasteiger partial charge < -0.3 is 10.6 Å². The summed E-state index contributed by atoms with van der Waals surface area (Å²) >= 11 is 0. The standard InChI is InChI=1S/C20H18N4O/c1-21-13-7-10-16-14-22-19(23-16)17-11-5-6-12-18(17)24-20(25)15-8-3-2-4-9-15/h2-13H,1,14H2,(H,22,23)(H,24,25)/b13-7-,16-10+. The van der Waals surface area contributed by atoms with Crippen molar-refractivity contribution in [2.45, 2.75) is 0 Å². The Balaban J connectivity index is 1.78. The van der Waals surface area contributed by atoms with E-state index in [1.54, 1.807) is 24.4 Å². The number of aliphatic imine (C=N–C) groups is 2. The van der Waals surface area contributed by atoms with E-state index in [1.165, 1.54) is 0 Å². The summed E-state index contributed by atoms with van der Waals surface area (Å²) in [6.07, 6.45) is 5.31. The number of nitrogens with one attached hydrogen (secondary N) is 2. The van der Waals surface area contributed by atoms with Gasteiger partial charge in [0.05, 0.1) is 12.2 Å². The lowest BCUT2D eigenvalue weighted by Crippen LogP contribution is -2.21. The van der Waals surface area contributed by atoms with Crippen LogP contribution in [0.1, 0.15) is 15.9 Å². The van der Waals surface area contributed by atoms with Crippen molar-refractivity contribution < 1.29 is 4.79 Å². The van der Waals surface area contributed by atoms with Crippen LogP contribution in [0.15, 0.2) is 88.6 Å². The van der Waals surface area contributed by atoms with Gasteiger partial charge >= 0.3 is 0 Å². The molecule has 0 atom stereocenters. The molecule has 2 N–H and O–H groups in total. The van der Waals surface area contributed by atoms with E-state index < -0.39 is 0 Å². The summed E-state index contributed by atoms with van der Waals surface area (Å²) in [6.45, 7) is 3.95. The molecule has 1 amide bonds. The van der Waals surface area contributed by atoms with Gasteiger partial charge in [-0.05, 0) is 43.1 Å². The van der Waals surface area contributed by atoms with Crippen LogP contribution in [0.5, 0.6) is 0 Å². The van der Waals surface area contributed by atoms with Crippen LogP contribution in [0.3, 0.4) is 0 Å². The molecule has 0 unspecified atom stereocenters. The fourth-order valence-electron chi connectivity index (χ4n) is 2.44. The number of amides is 1. The van der Waals surface area contributed by atoms with Crippen LogP contribution in [0.2, 0.25) is 0 Å². The number of rotatable bonds is 5. The maximum Gasteiger partial charge on any atom is 0.255 e. The van der Waals surface area contributed by atoms with Crippen LogP contribution >= 0.6 is 0 Å². The molecule has 0 radical (unpaired) electrons. The maximum atomic E-state index is 12.4. The summed E-state index contributed by atoms with van der Waals surface area (Å²) in [6, 6.07) is 16.7. The maximum absolute atomic E-state index is 12.4. The van der Waals surface area contributed by atoms with Crippen molar-refractivity contribution in [1.82, 2.24) is 5.32 Å². The lowest BCUT2D eigenvalue weighted by molar-refractivity contribution is 0.102. The van der Waals surface area contributed by atoms with Crippen LogP contribution in [0.25, 0.3) is 0 Å². The van der Waals surface area contributed by atoms with E-state index in [-0.39, 0.29) is 5.91 Å². The summed E-state index contributed by atoms with van der Waals surface area (Å²) in [5.41, 5.74) is 3.13. The minimum atomic E-state index is -0.151. The molecule has 124 valence electrons. The molecule has 0 fully saturated rings. The molecule has 5 heteroatoms. The van der Waals surface area contributed by atoms with Gasteiger partial charge in [0.15, 0.2) is 0 Å². The average molecular weight is 330 g/mol. The second kappa shape index (κ2) is 7.88. The Hall–Kier alpha value is -3.47. The molecular weight excluding hydrogens is 312 g/mol. The molecule has 5 nitrogen and oxygen atoms in total. The highest BCUT2D eigenvalue weighted by Crippen LogP contribution is 2.19. The van der Waals surface area contributed by atoms with Crippen molar-refractivity contribution in [2.24, 2.45) is 9.98 Å². The minimum absolute atomic E-state index is 0.151. The molecule has 0 spiro atoms. The van der Waals surface area contributed by atoms with Gasteiger partial charge in [0.1, 0.15) is 5.84 Å². The molecule has 25 heavy (non-hydrogen) atoms. The summed E-state index contributed by atoms with van der Waals surface area (Å²) in [5.74, 6) is 0.581. The largest absolute Gasteiger partial charge is 0.342 e. The number of anilines is 1. The third-order valence-corrected chi connectivity index (χ3v) is 3.64. The highest BCUT2D eigenvalue weighted by atomic mass is 16.1. The Morgan fingerprint density at radius 1 is 1.16 bits per heavy atom. The number of carbonyl (C=O) groups is 1. The predicted octanol–water partition coefficient (Wildman–Crippen LogP) is 3.39. The lowest BCUT2D eigenvalue weighted by atomic mass is 10.1. The molecule has 2 aromatic rings. The van der Waals surface area contributed by atoms with Crippen molar-refractivity contribution in [3.63, 3.8) is 0 Å². The topological polar surface area (TPSA) is 65.8 Å². The third-order valence-electron chi connectivity index (χ3n) is 3.64. The fraction of sp³-hybridized carbons (Fsp3) is 0.0500. The van der Waals surface area contributed by atoms with E-state index in [4.69, 9.17) is 0 Å². The second-order valence-corrected chi connectivity index (χ2v) is 5.37. The number of carbonyl (C=O) groups excluding carboxylic acids is 1. The SMILES string of the molecule is C=N/C=C\C=C1/CN=C(c2ccccc2NC(=O)c2ccccc2)N1. The van der Waals surface area contributed by atoms with Crippen LogP contribution in [-0.2, 0) is 0 Å². The number of para-hydroxylation sites is 1. The summed E-state index contributed by atoms with van der Waals surface area (Å²) in [7, 11) is 0. The normalized spacial score (nSPS) is 15.0. The van der Waals surface area contributed by atoms with E-state index in [9.17, 15) is 4.79 Å². The first kappa shape index (κ1) is 16.4. The number of nitrogens with zero attached hydrogens (tertiary/aromatic N) is 2. The van der Waals surface area contributed by atoms with Crippen LogP contribution < -0.4 is 10.6 Å². The zero-order valence-electron chi connectivity index (χ0n) is 13.6. The van der Waals surface area contributed by atoms with E-state index in [0.717, 1.165) is 17.1 Å². The number of hydrogen-bond donors (Lipinski definition) is 2. The van der Waals surface area contributed by atoms with E-state index in [1.807, 2.05) is 48.5 Å². The Bertz CT molecular complexity index is 866. The Labute approximate surface area is 146 Å². The van der Waals surface area contributed by atoms with Crippen molar-refractivity contribution >= 4 is 24.1 Å². The smallest absolute Gasteiger partial charge is 0.255 e. The van der Waals surface area contributed by atoms with Crippen LogP contribution in [0.4, 0.5) is 5.69 Å². The zero-order chi connectivity index (χ0) is 17.5. The molecule has 0 bridgehead atoms. The highest BCUT2D eigenvalue weighted by molar-refractivity contribution is 6.11. The molecule has 2 aromatic carbocycles. The molecule has 0 aliphatic carbocycles. The van der Waals surface area contributed by atoms with Gasteiger partial charge in [-0.3, -0.25) is 14.8 Å². The Morgan fingerprint density at radius 2 is 1.92 bits per heavy atom. The van der Waals surface area contributed by atoms with Gasteiger partial charge in [-0.2, -0.15) is 0 Å². The summed E-state index contributed by atoms with van der Waals surface area (Å²) in [4.78, 5) is 20.6. The number of hydrogen-bond acceptors (Lipinski definition) is 4. The molecule has 0 aromatic heterocycles. The quantitative estimate of drug-likeness (QED) is 0.825. The monoisotopic (exact) mass is 330 g/mol. The minimum Gasteiger partial charge on any atom is -0.342 e. The van der Waals surface area contributed by atoms with Crippen LogP contribution in [-0.4, -0.2) is 25.0 Å². The van der Waals surface area contributed by atoms with Crippen molar-refractivity contribution in [2.75, 3.05) is 11.9 Å².